The van der Waals surface area contributed by atoms with Gasteiger partial charge in [-0.15, -0.1) is 0 Å². The molecule has 3 atom stereocenters. The Morgan fingerprint density at radius 2 is 2.00 bits per heavy atom. The third-order valence-corrected chi connectivity index (χ3v) is 5.63. The zero-order valence-electron chi connectivity index (χ0n) is 11.2. The van der Waals surface area contributed by atoms with Crippen molar-refractivity contribution in [2.45, 2.75) is 37.4 Å². The summed E-state index contributed by atoms with van der Waals surface area (Å²) in [5, 5.41) is -0.774. The first-order valence-electron chi connectivity index (χ1n) is 6.58. The van der Waals surface area contributed by atoms with Gasteiger partial charge in [0.05, 0.1) is 5.25 Å². The molecule has 3 aliphatic carbocycles. The van der Waals surface area contributed by atoms with Crippen molar-refractivity contribution in [2.75, 3.05) is 0 Å². The molecule has 0 aliphatic heterocycles. The summed E-state index contributed by atoms with van der Waals surface area (Å²) in [4.78, 5) is 0. The Labute approximate surface area is 136 Å². The zero-order valence-corrected chi connectivity index (χ0v) is 14.0. The van der Waals surface area contributed by atoms with Crippen LogP contribution in [0.5, 0.6) is 0 Å². The Hall–Kier alpha value is 0.130. The minimum Gasteiger partial charge on any atom is -0.747 e. The largest absolute Gasteiger partial charge is 1.00 e. The molecule has 0 saturated heterocycles. The topological polar surface area (TPSA) is 57.2 Å². The fourth-order valence-corrected chi connectivity index (χ4v) is 4.60. The average Bonchev–Trinajstić information content (AvgIpc) is 2.34. The van der Waals surface area contributed by atoms with Crippen LogP contribution in [0.3, 0.4) is 0 Å². The molecule has 3 aliphatic rings. The van der Waals surface area contributed by atoms with Crippen molar-refractivity contribution in [3.8, 4) is 0 Å². The van der Waals surface area contributed by atoms with Gasteiger partial charge in [0, 0.05) is 0 Å². The van der Waals surface area contributed by atoms with Crippen LogP contribution in [0.25, 0.3) is 0 Å². The van der Waals surface area contributed by atoms with Crippen LogP contribution in [0.4, 0.5) is 0 Å². The van der Waals surface area contributed by atoms with Crippen molar-refractivity contribution in [2.24, 2.45) is 11.8 Å². The first-order chi connectivity index (χ1) is 8.55. The van der Waals surface area contributed by atoms with E-state index in [0.29, 0.717) is 18.3 Å². The van der Waals surface area contributed by atoms with E-state index in [9.17, 15) is 13.0 Å². The minimum absolute atomic E-state index is 0. The van der Waals surface area contributed by atoms with Crippen LogP contribution in [0.1, 0.15) is 32.1 Å². The molecule has 0 aromatic heterocycles. The van der Waals surface area contributed by atoms with E-state index in [1.54, 1.807) is 0 Å². The number of hydrogen-bond donors (Lipinski definition) is 0. The summed E-state index contributed by atoms with van der Waals surface area (Å²) in [5.41, 5.74) is 2.09. The van der Waals surface area contributed by atoms with Crippen molar-refractivity contribution in [3.63, 3.8) is 0 Å². The van der Waals surface area contributed by atoms with E-state index in [4.69, 9.17) is 0 Å². The van der Waals surface area contributed by atoms with E-state index < -0.39 is 15.4 Å². The Kier molecular flexibility index (Phi) is 4.79. The average molecular weight is 288 g/mol. The molecular weight excluding hydrogens is 271 g/mol. The van der Waals surface area contributed by atoms with Gasteiger partial charge in [0.25, 0.3) is 0 Å². The maximum absolute atomic E-state index is 11.4. The second-order valence-corrected chi connectivity index (χ2v) is 7.07. The maximum atomic E-state index is 11.4. The van der Waals surface area contributed by atoms with Gasteiger partial charge < -0.3 is 4.55 Å². The molecule has 3 unspecified atom stereocenters. The predicted molar refractivity (Wildman–Crippen MR) is 68.9 cm³/mol. The van der Waals surface area contributed by atoms with Crippen LogP contribution in [0.15, 0.2) is 35.5 Å². The fraction of sp³-hybridized carbons (Fsp3) is 0.571. The quantitative estimate of drug-likeness (QED) is 0.484. The Morgan fingerprint density at radius 1 is 1.21 bits per heavy atom. The van der Waals surface area contributed by atoms with Gasteiger partial charge in [0.2, 0.25) is 0 Å². The third-order valence-electron chi connectivity index (χ3n) is 4.43. The molecular formula is C14H17NaO3S. The van der Waals surface area contributed by atoms with Crippen molar-refractivity contribution >= 4 is 10.1 Å². The number of rotatable bonds is 1. The van der Waals surface area contributed by atoms with E-state index in [0.717, 1.165) is 31.3 Å². The molecule has 0 amide bonds. The van der Waals surface area contributed by atoms with Crippen LogP contribution < -0.4 is 29.6 Å². The van der Waals surface area contributed by atoms with E-state index >= 15 is 0 Å². The Morgan fingerprint density at radius 3 is 2.74 bits per heavy atom. The Balaban J connectivity index is 0.00000133. The summed E-state index contributed by atoms with van der Waals surface area (Å²) in [6.07, 6.45) is 12.7. The van der Waals surface area contributed by atoms with Crippen molar-refractivity contribution in [1.29, 1.82) is 0 Å². The molecule has 5 heteroatoms. The monoisotopic (exact) mass is 288 g/mol. The smallest absolute Gasteiger partial charge is 0.747 e. The molecule has 1 saturated carbocycles. The number of fused-ring (bicyclic) bond motifs is 2. The van der Waals surface area contributed by atoms with Crippen LogP contribution in [0.2, 0.25) is 0 Å². The summed E-state index contributed by atoms with van der Waals surface area (Å²) in [6, 6.07) is 0. The molecule has 3 rings (SSSR count). The van der Waals surface area contributed by atoms with Crippen molar-refractivity contribution in [1.82, 2.24) is 0 Å². The second kappa shape index (κ2) is 5.86. The molecule has 1 fully saturated rings. The Bertz CT molecular complexity index is 545. The van der Waals surface area contributed by atoms with Crippen molar-refractivity contribution in [3.05, 3.63) is 35.5 Å². The van der Waals surface area contributed by atoms with Crippen LogP contribution in [-0.2, 0) is 10.1 Å². The molecule has 98 valence electrons. The number of allylic oxidation sites excluding steroid dienone is 5. The van der Waals surface area contributed by atoms with Crippen LogP contribution >= 0.6 is 0 Å². The summed E-state index contributed by atoms with van der Waals surface area (Å²) in [6.45, 7) is 0. The van der Waals surface area contributed by atoms with Gasteiger partial charge in [-0.05, 0) is 48.7 Å². The van der Waals surface area contributed by atoms with E-state index in [1.807, 2.05) is 12.2 Å². The summed E-state index contributed by atoms with van der Waals surface area (Å²) >= 11 is 0. The van der Waals surface area contributed by atoms with Gasteiger partial charge in [-0.2, -0.15) is 0 Å². The molecule has 0 radical (unpaired) electrons. The second-order valence-electron chi connectivity index (χ2n) is 5.52. The van der Waals surface area contributed by atoms with E-state index in [-0.39, 0.29) is 29.6 Å². The molecule has 0 aromatic carbocycles. The summed E-state index contributed by atoms with van der Waals surface area (Å²) in [5.74, 6) is 0.831. The zero-order chi connectivity index (χ0) is 12.8. The summed E-state index contributed by atoms with van der Waals surface area (Å²) in [7, 11) is -4.20. The van der Waals surface area contributed by atoms with Gasteiger partial charge in [-0.25, -0.2) is 8.42 Å². The van der Waals surface area contributed by atoms with E-state index in [2.05, 4.69) is 12.2 Å². The van der Waals surface area contributed by atoms with Gasteiger partial charge in [-0.1, -0.05) is 30.7 Å². The summed E-state index contributed by atoms with van der Waals surface area (Å²) < 4.78 is 34.1. The fourth-order valence-electron chi connectivity index (χ4n) is 3.55. The van der Waals surface area contributed by atoms with Gasteiger partial charge in [-0.3, -0.25) is 0 Å². The first-order valence-corrected chi connectivity index (χ1v) is 8.06. The number of hydrogen-bond acceptors (Lipinski definition) is 3. The van der Waals surface area contributed by atoms with Gasteiger partial charge in [0.15, 0.2) is 0 Å². The van der Waals surface area contributed by atoms with Gasteiger partial charge >= 0.3 is 29.6 Å². The predicted octanol–water partition coefficient (Wildman–Crippen LogP) is -0.463. The molecule has 0 bridgehead atoms. The normalized spacial score (nSPS) is 33.4. The van der Waals surface area contributed by atoms with Crippen molar-refractivity contribution < 1.29 is 42.5 Å². The van der Waals surface area contributed by atoms with Gasteiger partial charge in [0.1, 0.15) is 10.1 Å². The van der Waals surface area contributed by atoms with Crippen LogP contribution in [-0.4, -0.2) is 18.2 Å². The van der Waals surface area contributed by atoms with Crippen LogP contribution in [0, 0.1) is 11.8 Å². The third kappa shape index (κ3) is 3.08. The molecule has 0 spiro atoms. The molecule has 0 aromatic rings. The standard InChI is InChI=1S/C14H18O3S.Na/c15-18(16,17)14-7-3-6-12-8-10-4-1-2-5-11(10)9-13(12)14;/h1-2,5,9-10,12,14H,3-4,6-8H2,(H,15,16,17);/q;+1/p-1. The maximum Gasteiger partial charge on any atom is 1.00 e. The SMILES string of the molecule is O=S(=O)([O-])C1CCCC2CC3CC=CC=C3C=C21.[Na+]. The molecule has 19 heavy (non-hydrogen) atoms. The minimum atomic E-state index is -4.20. The van der Waals surface area contributed by atoms with E-state index in [1.165, 1.54) is 5.57 Å². The molecule has 3 nitrogen and oxygen atoms in total. The molecule has 0 N–H and O–H groups in total. The molecule has 0 heterocycles. The first kappa shape index (κ1) is 15.5.